The number of aromatic nitrogens is 1. The third-order valence-corrected chi connectivity index (χ3v) is 4.77. The first-order valence-corrected chi connectivity index (χ1v) is 8.93. The van der Waals surface area contributed by atoms with E-state index in [0.29, 0.717) is 23.1 Å². The van der Waals surface area contributed by atoms with Gasteiger partial charge >= 0.3 is 18.6 Å². The van der Waals surface area contributed by atoms with Crippen LogP contribution in [0.5, 0.6) is 0 Å². The number of methoxy groups -OCH3 is 2. The van der Waals surface area contributed by atoms with Gasteiger partial charge in [0, 0.05) is 0 Å². The molecule has 0 fully saturated rings. The molecule has 0 aromatic carbocycles. The first-order chi connectivity index (χ1) is 13.8. The van der Waals surface area contributed by atoms with Gasteiger partial charge in [-0.2, -0.15) is 0 Å². The van der Waals surface area contributed by atoms with Gasteiger partial charge in [0.1, 0.15) is 46.4 Å². The molecule has 1 radical (unpaired) electrons. The molecule has 4 aliphatic rings. The van der Waals surface area contributed by atoms with Crippen LogP contribution in [-0.4, -0.2) is 54.4 Å². The number of allylic oxidation sites excluding steroid dienone is 4. The van der Waals surface area contributed by atoms with E-state index in [1.165, 1.54) is 0 Å². The summed E-state index contributed by atoms with van der Waals surface area (Å²) in [6.07, 6.45) is 11.6. The molecule has 157 valence electrons. The molecule has 31 heavy (non-hydrogen) atoms. The van der Waals surface area contributed by atoms with E-state index in [1.807, 2.05) is 54.7 Å². The smallest absolute Gasteiger partial charge is 1.00 e. The van der Waals surface area contributed by atoms with Gasteiger partial charge in [-0.3, -0.25) is 9.98 Å². The third kappa shape index (κ3) is 4.45. The molecule has 2 aliphatic heterocycles. The van der Waals surface area contributed by atoms with Crippen LogP contribution in [0.3, 0.4) is 0 Å². The van der Waals surface area contributed by atoms with Crippen molar-refractivity contribution in [2.75, 3.05) is 14.2 Å². The van der Waals surface area contributed by atoms with Crippen molar-refractivity contribution in [3.8, 4) is 0 Å². The zero-order valence-electron chi connectivity index (χ0n) is 16.6. The normalized spacial score (nSPS) is 22.0. The number of hydrogen-bond acceptors (Lipinski definition) is 7. The van der Waals surface area contributed by atoms with Crippen molar-refractivity contribution < 1.29 is 52.8 Å². The molecule has 0 bridgehead atoms. The zero-order valence-corrected chi connectivity index (χ0v) is 19.5. The summed E-state index contributed by atoms with van der Waals surface area (Å²) in [5.41, 5.74) is 2.96. The van der Waals surface area contributed by atoms with Gasteiger partial charge in [0.05, 0.1) is 14.2 Å². The number of rotatable bonds is 4. The van der Waals surface area contributed by atoms with Crippen molar-refractivity contribution in [3.63, 3.8) is 0 Å². The average Bonchev–Trinajstić information content (AvgIpc) is 3.37. The fraction of sp³-hybridized carbons (Fsp3) is 0.190. The van der Waals surface area contributed by atoms with Crippen molar-refractivity contribution in [2.24, 2.45) is 20.0 Å². The van der Waals surface area contributed by atoms with Crippen molar-refractivity contribution in [1.29, 1.82) is 0 Å². The van der Waals surface area contributed by atoms with Gasteiger partial charge in [0.25, 0.3) is 0 Å². The number of amidine groups is 2. The summed E-state index contributed by atoms with van der Waals surface area (Å²) in [6.45, 7) is 0. The molecule has 1 aromatic heterocycles. The van der Waals surface area contributed by atoms with E-state index in [2.05, 4.69) is 20.0 Å². The fourth-order valence-electron chi connectivity index (χ4n) is 3.42. The van der Waals surface area contributed by atoms with Crippen LogP contribution in [0.1, 0.15) is 11.4 Å². The minimum atomic E-state index is -0.133. The van der Waals surface area contributed by atoms with Gasteiger partial charge in [-0.15, -0.1) is 0 Å². The summed E-state index contributed by atoms with van der Waals surface area (Å²) in [5.74, 6) is 2.61. The Bertz CT molecular complexity index is 1040. The largest absolute Gasteiger partial charge is 2.00 e. The van der Waals surface area contributed by atoms with Crippen LogP contribution in [0, 0.1) is 0 Å². The molecule has 5 rings (SSSR count). The maximum Gasteiger partial charge on any atom is 2.00 e. The first-order valence-electron chi connectivity index (χ1n) is 8.93. The number of pyridine rings is 1. The number of fused-ring (bicyclic) bond motifs is 2. The predicted octanol–water partition coefficient (Wildman–Crippen LogP) is -3.57. The molecule has 2 unspecified atom stereocenters. The Morgan fingerprint density at radius 1 is 0.742 bits per heavy atom. The quantitative estimate of drug-likeness (QED) is 0.436. The predicted molar refractivity (Wildman–Crippen MR) is 108 cm³/mol. The molecule has 0 spiro atoms. The second kappa shape index (κ2) is 10.2. The Labute approximate surface area is 204 Å². The minimum absolute atomic E-state index is 0. The van der Waals surface area contributed by atoms with Crippen molar-refractivity contribution >= 4 is 23.1 Å². The molecule has 10 heteroatoms. The van der Waals surface area contributed by atoms with Gasteiger partial charge in [-0.05, 0) is 24.3 Å². The van der Waals surface area contributed by atoms with Gasteiger partial charge in [0.2, 0.25) is 0 Å². The Balaban J connectivity index is 0.00000114. The van der Waals surface area contributed by atoms with Crippen LogP contribution in [0.25, 0.3) is 0 Å². The second-order valence-electron chi connectivity index (χ2n) is 6.44. The van der Waals surface area contributed by atoms with Crippen LogP contribution >= 0.6 is 0 Å². The van der Waals surface area contributed by atoms with Gasteiger partial charge in [-0.25, -0.2) is 15.0 Å². The Hall–Kier alpha value is -2.45. The Morgan fingerprint density at radius 3 is 1.61 bits per heavy atom. The summed E-state index contributed by atoms with van der Waals surface area (Å²) in [6, 6.07) is 5.43. The summed E-state index contributed by atoms with van der Waals surface area (Å²) < 4.78 is 10.8. The van der Waals surface area contributed by atoms with E-state index in [9.17, 15) is 0 Å². The second-order valence-corrected chi connectivity index (χ2v) is 6.44. The van der Waals surface area contributed by atoms with Gasteiger partial charge < -0.3 is 34.3 Å². The van der Waals surface area contributed by atoms with Crippen LogP contribution in [0.2, 0.25) is 0 Å². The zero-order chi connectivity index (χ0) is 19.1. The minimum Gasteiger partial charge on any atom is -1.00 e. The SMILES string of the molecule is COC1=CC=CC2N=C(c3cccc(C4=NC5C=CC=C(OC)C5=N4)n3)N=C12.[Cl-].[Cl-].[V+2]. The molecule has 0 saturated heterocycles. The van der Waals surface area contributed by atoms with Crippen LogP contribution in [0.4, 0.5) is 0 Å². The Morgan fingerprint density at radius 2 is 1.19 bits per heavy atom. The van der Waals surface area contributed by atoms with E-state index in [0.717, 1.165) is 22.9 Å². The standard InChI is InChI=1S/C21H17N5O2.2ClH.V/c1-27-16-10-4-6-12-18(16)25-20(23-12)14-8-3-9-15(22-14)21-24-13-7-5-11-17(28-2)19(13)26-21;;;/h3-13H,1-2H3;2*1H;/q;;;+2/p-2. The van der Waals surface area contributed by atoms with Gasteiger partial charge in [-0.1, -0.05) is 30.4 Å². The summed E-state index contributed by atoms with van der Waals surface area (Å²) in [7, 11) is 3.27. The number of aliphatic imine (C=N–C) groups is 4. The maximum absolute atomic E-state index is 5.39. The topological polar surface area (TPSA) is 80.8 Å². The molecule has 2 aliphatic carbocycles. The summed E-state index contributed by atoms with van der Waals surface area (Å²) >= 11 is 0. The number of nitrogens with zero attached hydrogens (tertiary/aromatic N) is 5. The number of hydrogen-bond donors (Lipinski definition) is 0. The van der Waals surface area contributed by atoms with Crippen LogP contribution in [0.15, 0.2) is 86.1 Å². The Kier molecular flexibility index (Phi) is 8.20. The van der Waals surface area contributed by atoms with Crippen molar-refractivity contribution in [2.45, 2.75) is 12.1 Å². The van der Waals surface area contributed by atoms with Crippen LogP contribution in [-0.2, 0) is 28.0 Å². The molecule has 3 heterocycles. The van der Waals surface area contributed by atoms with E-state index in [-0.39, 0.29) is 55.5 Å². The molecule has 0 N–H and O–H groups in total. The van der Waals surface area contributed by atoms with E-state index < -0.39 is 0 Å². The fourth-order valence-corrected chi connectivity index (χ4v) is 3.42. The molecule has 0 amide bonds. The van der Waals surface area contributed by atoms with E-state index >= 15 is 0 Å². The third-order valence-electron chi connectivity index (χ3n) is 4.77. The molecular weight excluding hydrogens is 476 g/mol. The molecule has 2 atom stereocenters. The first kappa shape index (κ1) is 24.8. The number of ether oxygens (including phenoxy) is 2. The van der Waals surface area contributed by atoms with Crippen molar-refractivity contribution in [3.05, 3.63) is 77.6 Å². The average molecular weight is 493 g/mol. The monoisotopic (exact) mass is 492 g/mol. The summed E-state index contributed by atoms with van der Waals surface area (Å²) in [4.78, 5) is 23.3. The molecule has 7 nitrogen and oxygen atoms in total. The number of halogens is 2. The van der Waals surface area contributed by atoms with E-state index in [4.69, 9.17) is 14.5 Å². The van der Waals surface area contributed by atoms with Crippen molar-refractivity contribution in [1.82, 2.24) is 4.98 Å². The van der Waals surface area contributed by atoms with E-state index in [1.54, 1.807) is 14.2 Å². The van der Waals surface area contributed by atoms with Crippen LogP contribution < -0.4 is 24.8 Å². The molecule has 1 aromatic rings. The van der Waals surface area contributed by atoms with Gasteiger partial charge in [0.15, 0.2) is 11.7 Å². The molecule has 0 saturated carbocycles. The molecular formula is C21H17Cl2N5O2V. The maximum atomic E-state index is 5.39. The summed E-state index contributed by atoms with van der Waals surface area (Å²) in [5, 5.41) is 0.